The van der Waals surface area contributed by atoms with Crippen LogP contribution in [0.3, 0.4) is 0 Å². The van der Waals surface area contributed by atoms with Gasteiger partial charge in [0.15, 0.2) is 0 Å². The maximum Gasteiger partial charge on any atom is 0.0770 e. The fourth-order valence-corrected chi connectivity index (χ4v) is 0.978. The Kier molecular flexibility index (Phi) is 4.32. The van der Waals surface area contributed by atoms with Crippen LogP contribution < -0.4 is 5.73 Å². The van der Waals surface area contributed by atoms with E-state index in [-0.39, 0.29) is 5.54 Å². The highest BCUT2D eigenvalue weighted by Gasteiger charge is 2.10. The van der Waals surface area contributed by atoms with Gasteiger partial charge in [0.2, 0.25) is 0 Å². The molecule has 0 aliphatic heterocycles. The van der Waals surface area contributed by atoms with Gasteiger partial charge in [-0.05, 0) is 27.2 Å². The van der Waals surface area contributed by atoms with Crippen LogP contribution in [-0.4, -0.2) is 11.3 Å². The quantitative estimate of drug-likeness (QED) is 0.665. The number of nitrogens with zero attached hydrogens (tertiary/aromatic N) is 1. The molecule has 0 rings (SSSR count). The number of halogens is 1. The maximum absolute atomic E-state index is 5.84. The summed E-state index contributed by atoms with van der Waals surface area (Å²) in [4.78, 5) is 4.43. The molecule has 2 nitrogen and oxygen atoms in total. The Labute approximate surface area is 79.5 Å². The number of nitrogens with two attached hydrogens (primary N) is 1. The molecule has 0 radical (unpaired) electrons. The highest BCUT2D eigenvalue weighted by atomic mass is 35.5. The Morgan fingerprint density at radius 3 is 2.25 bits per heavy atom. The largest absolute Gasteiger partial charge is 0.403 e. The molecule has 70 valence electrons. The average Bonchev–Trinajstić information content (AvgIpc) is 1.97. The Morgan fingerprint density at radius 2 is 2.00 bits per heavy atom. The summed E-state index contributed by atoms with van der Waals surface area (Å²) >= 11 is 5.84. The minimum Gasteiger partial charge on any atom is -0.403 e. The lowest BCUT2D eigenvalue weighted by Crippen LogP contribution is -2.14. The van der Waals surface area contributed by atoms with Crippen molar-refractivity contribution >= 4 is 17.3 Å². The van der Waals surface area contributed by atoms with Crippen LogP contribution in [0.4, 0.5) is 0 Å². The SMILES string of the molecule is CCC(=N/C(C)(C)C)/C(Cl)=C\N. The average molecular weight is 189 g/mol. The highest BCUT2D eigenvalue weighted by Crippen LogP contribution is 2.13. The van der Waals surface area contributed by atoms with Crippen molar-refractivity contribution < 1.29 is 0 Å². The normalized spacial score (nSPS) is 15.1. The molecule has 0 unspecified atom stereocenters. The van der Waals surface area contributed by atoms with E-state index < -0.39 is 0 Å². The van der Waals surface area contributed by atoms with Crippen LogP contribution in [0.15, 0.2) is 16.2 Å². The van der Waals surface area contributed by atoms with E-state index in [2.05, 4.69) is 4.99 Å². The van der Waals surface area contributed by atoms with E-state index in [1.807, 2.05) is 27.7 Å². The fraction of sp³-hybridized carbons (Fsp3) is 0.667. The predicted molar refractivity (Wildman–Crippen MR) is 55.6 cm³/mol. The van der Waals surface area contributed by atoms with Gasteiger partial charge in [-0.3, -0.25) is 4.99 Å². The van der Waals surface area contributed by atoms with Crippen molar-refractivity contribution in [2.24, 2.45) is 10.7 Å². The Hall–Kier alpha value is -0.500. The number of hydrogen-bond donors (Lipinski definition) is 1. The first-order valence-corrected chi connectivity index (χ1v) is 4.45. The summed E-state index contributed by atoms with van der Waals surface area (Å²) < 4.78 is 0. The van der Waals surface area contributed by atoms with Crippen molar-refractivity contribution in [1.82, 2.24) is 0 Å². The van der Waals surface area contributed by atoms with E-state index in [0.717, 1.165) is 12.1 Å². The third kappa shape index (κ3) is 4.39. The first kappa shape index (κ1) is 11.5. The molecule has 12 heavy (non-hydrogen) atoms. The molecule has 0 fully saturated rings. The summed E-state index contributed by atoms with van der Waals surface area (Å²) in [6, 6.07) is 0. The fourth-order valence-electron chi connectivity index (χ4n) is 0.802. The molecule has 0 aliphatic rings. The Balaban J connectivity index is 4.67. The third-order valence-corrected chi connectivity index (χ3v) is 1.57. The van der Waals surface area contributed by atoms with E-state index in [1.54, 1.807) is 0 Å². The Bertz CT molecular complexity index is 199. The van der Waals surface area contributed by atoms with Crippen LogP contribution >= 0.6 is 11.6 Å². The smallest absolute Gasteiger partial charge is 0.0770 e. The van der Waals surface area contributed by atoms with E-state index >= 15 is 0 Å². The van der Waals surface area contributed by atoms with Crippen LogP contribution in [-0.2, 0) is 0 Å². The molecule has 0 aromatic rings. The summed E-state index contributed by atoms with van der Waals surface area (Å²) in [6.07, 6.45) is 2.19. The summed E-state index contributed by atoms with van der Waals surface area (Å²) in [5.41, 5.74) is 6.07. The number of rotatable bonds is 2. The maximum atomic E-state index is 5.84. The molecule has 0 heterocycles. The highest BCUT2D eigenvalue weighted by molar-refractivity contribution is 6.43. The van der Waals surface area contributed by atoms with Gasteiger partial charge >= 0.3 is 0 Å². The molecule has 0 saturated carbocycles. The summed E-state index contributed by atoms with van der Waals surface area (Å²) in [5, 5.41) is 0.549. The molecule has 3 heteroatoms. The first-order chi connectivity index (χ1) is 5.40. The van der Waals surface area contributed by atoms with Crippen LogP contribution in [0.25, 0.3) is 0 Å². The topological polar surface area (TPSA) is 38.4 Å². The van der Waals surface area contributed by atoms with Gasteiger partial charge in [-0.25, -0.2) is 0 Å². The van der Waals surface area contributed by atoms with Crippen molar-refractivity contribution in [2.75, 3.05) is 0 Å². The minimum atomic E-state index is -0.0888. The molecule has 0 saturated heterocycles. The van der Waals surface area contributed by atoms with Crippen molar-refractivity contribution in [2.45, 2.75) is 39.7 Å². The summed E-state index contributed by atoms with van der Waals surface area (Å²) in [5.74, 6) is 0. The zero-order valence-electron chi connectivity index (χ0n) is 8.19. The van der Waals surface area contributed by atoms with Gasteiger partial charge in [0.25, 0.3) is 0 Å². The van der Waals surface area contributed by atoms with E-state index in [4.69, 9.17) is 17.3 Å². The molecule has 0 amide bonds. The lowest BCUT2D eigenvalue weighted by Gasteiger charge is -2.14. The van der Waals surface area contributed by atoms with Crippen LogP contribution in [0.1, 0.15) is 34.1 Å². The van der Waals surface area contributed by atoms with E-state index in [9.17, 15) is 0 Å². The van der Waals surface area contributed by atoms with Gasteiger partial charge in [0.05, 0.1) is 16.3 Å². The first-order valence-electron chi connectivity index (χ1n) is 4.07. The van der Waals surface area contributed by atoms with Crippen LogP contribution in [0.5, 0.6) is 0 Å². The Morgan fingerprint density at radius 1 is 1.50 bits per heavy atom. The number of allylic oxidation sites excluding steroid dienone is 1. The number of aliphatic imine (C=N–C) groups is 1. The standard InChI is InChI=1S/C9H17ClN2/c1-5-8(7(10)6-11)12-9(2,3)4/h6H,5,11H2,1-4H3/b7-6+,12-8-. The van der Waals surface area contributed by atoms with E-state index in [1.165, 1.54) is 6.20 Å². The molecule has 0 aromatic heterocycles. The third-order valence-electron chi connectivity index (χ3n) is 1.23. The molecule has 0 aromatic carbocycles. The lowest BCUT2D eigenvalue weighted by molar-refractivity contribution is 0.582. The van der Waals surface area contributed by atoms with Crippen molar-refractivity contribution in [3.8, 4) is 0 Å². The zero-order chi connectivity index (χ0) is 9.78. The van der Waals surface area contributed by atoms with Crippen LogP contribution in [0.2, 0.25) is 0 Å². The summed E-state index contributed by atoms with van der Waals surface area (Å²) in [7, 11) is 0. The van der Waals surface area contributed by atoms with Crippen molar-refractivity contribution in [3.05, 3.63) is 11.2 Å². The van der Waals surface area contributed by atoms with Gasteiger partial charge in [0, 0.05) is 6.20 Å². The monoisotopic (exact) mass is 188 g/mol. The summed E-state index contributed by atoms with van der Waals surface area (Å²) in [6.45, 7) is 8.10. The predicted octanol–water partition coefficient (Wildman–Crippen LogP) is 2.67. The van der Waals surface area contributed by atoms with Gasteiger partial charge in [-0.15, -0.1) is 0 Å². The lowest BCUT2D eigenvalue weighted by atomic mass is 10.1. The second-order valence-electron chi connectivity index (χ2n) is 3.60. The second-order valence-corrected chi connectivity index (χ2v) is 4.00. The van der Waals surface area contributed by atoms with Crippen molar-refractivity contribution in [3.63, 3.8) is 0 Å². The van der Waals surface area contributed by atoms with Gasteiger partial charge in [0.1, 0.15) is 0 Å². The molecular weight excluding hydrogens is 172 g/mol. The van der Waals surface area contributed by atoms with Gasteiger partial charge in [-0.1, -0.05) is 18.5 Å². The molecule has 0 bridgehead atoms. The minimum absolute atomic E-state index is 0.0888. The van der Waals surface area contributed by atoms with Gasteiger partial charge < -0.3 is 5.73 Å². The van der Waals surface area contributed by atoms with Crippen LogP contribution in [0, 0.1) is 0 Å². The van der Waals surface area contributed by atoms with Crippen molar-refractivity contribution in [1.29, 1.82) is 0 Å². The van der Waals surface area contributed by atoms with Gasteiger partial charge in [-0.2, -0.15) is 0 Å². The molecule has 0 spiro atoms. The molecule has 0 aliphatic carbocycles. The molecule has 0 atom stereocenters. The zero-order valence-corrected chi connectivity index (χ0v) is 8.94. The van der Waals surface area contributed by atoms with E-state index in [0.29, 0.717) is 5.03 Å². The second kappa shape index (κ2) is 4.51. The molecule has 2 N–H and O–H groups in total. The molecular formula is C9H17ClN2. The number of hydrogen-bond acceptors (Lipinski definition) is 2.